The van der Waals surface area contributed by atoms with Crippen molar-refractivity contribution < 1.29 is 13.2 Å². The molecule has 0 atom stereocenters. The van der Waals surface area contributed by atoms with Crippen molar-refractivity contribution in [3.63, 3.8) is 0 Å². The summed E-state index contributed by atoms with van der Waals surface area (Å²) in [6.07, 6.45) is 1.14. The van der Waals surface area contributed by atoms with E-state index in [2.05, 4.69) is 4.99 Å². The van der Waals surface area contributed by atoms with Gasteiger partial charge in [0.25, 0.3) is 5.91 Å². The van der Waals surface area contributed by atoms with Crippen molar-refractivity contribution in [1.82, 2.24) is 0 Å². The average Bonchev–Trinajstić information content (AvgIpc) is 2.46. The van der Waals surface area contributed by atoms with Gasteiger partial charge in [-0.15, -0.1) is 0 Å². The van der Waals surface area contributed by atoms with Crippen LogP contribution >= 0.6 is 0 Å². The monoisotopic (exact) mass is 317 g/mol. The van der Waals surface area contributed by atoms with Crippen molar-refractivity contribution in [2.24, 2.45) is 16.5 Å². The molecule has 0 heterocycles. The summed E-state index contributed by atoms with van der Waals surface area (Å²) in [4.78, 5) is 15.5. The van der Waals surface area contributed by atoms with Gasteiger partial charge in [-0.1, -0.05) is 30.3 Å². The predicted molar refractivity (Wildman–Crippen MR) is 85.1 cm³/mol. The Balaban J connectivity index is 2.57. The lowest BCUT2D eigenvalue weighted by atomic mass is 10.0. The van der Waals surface area contributed by atoms with E-state index >= 15 is 0 Å². The largest absolute Gasteiger partial charge is 0.370 e. The maximum atomic E-state index is 11.9. The van der Waals surface area contributed by atoms with Gasteiger partial charge in [0.05, 0.1) is 4.90 Å². The number of sulfone groups is 1. The first-order chi connectivity index (χ1) is 10.3. The van der Waals surface area contributed by atoms with Gasteiger partial charge in [-0.3, -0.25) is 4.79 Å². The second kappa shape index (κ2) is 5.98. The first kappa shape index (κ1) is 15.7. The Morgan fingerprint density at radius 3 is 2.36 bits per heavy atom. The second-order valence-electron chi connectivity index (χ2n) is 4.69. The highest BCUT2D eigenvalue weighted by Crippen LogP contribution is 2.27. The number of aliphatic imine (C=N–C) groups is 1. The lowest BCUT2D eigenvalue weighted by Crippen LogP contribution is -2.24. The molecule has 7 heteroatoms. The minimum atomic E-state index is -3.39. The Hall–Kier alpha value is -2.67. The zero-order chi connectivity index (χ0) is 16.3. The smallest absolute Gasteiger partial charge is 0.280 e. The molecule has 0 saturated heterocycles. The number of hydrogen-bond acceptors (Lipinski definition) is 3. The summed E-state index contributed by atoms with van der Waals surface area (Å²) in [6, 6.07) is 13.1. The van der Waals surface area contributed by atoms with Gasteiger partial charge in [0.15, 0.2) is 15.8 Å². The van der Waals surface area contributed by atoms with E-state index in [0.29, 0.717) is 11.1 Å². The fraction of sp³-hybridized carbons (Fsp3) is 0.0667. The van der Waals surface area contributed by atoms with Gasteiger partial charge in [0.1, 0.15) is 0 Å². The van der Waals surface area contributed by atoms with Crippen LogP contribution in [0.15, 0.2) is 58.4 Å². The van der Waals surface area contributed by atoms with Crippen LogP contribution in [-0.4, -0.2) is 26.5 Å². The number of carbonyl (C=O) groups is 1. The lowest BCUT2D eigenvalue weighted by molar-refractivity contribution is 0.100. The molecule has 0 aromatic heterocycles. The number of carbonyl (C=O) groups excluding carboxylic acids is 1. The molecule has 6 nitrogen and oxygen atoms in total. The van der Waals surface area contributed by atoms with E-state index < -0.39 is 15.7 Å². The zero-order valence-electron chi connectivity index (χ0n) is 11.9. The molecular formula is C15H15N3O3S. The second-order valence-corrected chi connectivity index (χ2v) is 6.68. The standard InChI is InChI=1S/C15H15N3O3S/c1-22(20,21)13-8-3-2-7-12(13)10-5-4-6-11(9-10)14(19)18-15(16)17/h2-9H,1H3,(H4,16,17,18,19). The fourth-order valence-corrected chi connectivity index (χ4v) is 2.94. The van der Waals surface area contributed by atoms with Crippen LogP contribution in [0.5, 0.6) is 0 Å². The van der Waals surface area contributed by atoms with Crippen molar-refractivity contribution in [1.29, 1.82) is 0 Å². The van der Waals surface area contributed by atoms with Gasteiger partial charge >= 0.3 is 0 Å². The summed E-state index contributed by atoms with van der Waals surface area (Å²) < 4.78 is 23.7. The van der Waals surface area contributed by atoms with E-state index in [0.717, 1.165) is 6.26 Å². The van der Waals surface area contributed by atoms with E-state index in [4.69, 9.17) is 11.5 Å². The lowest BCUT2D eigenvalue weighted by Gasteiger charge is -2.08. The molecule has 22 heavy (non-hydrogen) atoms. The Morgan fingerprint density at radius 2 is 1.73 bits per heavy atom. The molecule has 0 bridgehead atoms. The highest BCUT2D eigenvalue weighted by Gasteiger charge is 2.15. The maximum absolute atomic E-state index is 11.9. The van der Waals surface area contributed by atoms with Crippen LogP contribution in [0.2, 0.25) is 0 Å². The van der Waals surface area contributed by atoms with Gasteiger partial charge in [-0.25, -0.2) is 8.42 Å². The number of benzene rings is 2. The van der Waals surface area contributed by atoms with E-state index in [1.807, 2.05) is 0 Å². The van der Waals surface area contributed by atoms with Gasteiger partial charge in [0.2, 0.25) is 0 Å². The molecular weight excluding hydrogens is 302 g/mol. The summed E-state index contributed by atoms with van der Waals surface area (Å²) in [6.45, 7) is 0. The normalized spacial score (nSPS) is 11.0. The Labute approximate surface area is 128 Å². The fourth-order valence-electron chi connectivity index (χ4n) is 2.03. The van der Waals surface area contributed by atoms with Crippen LogP contribution in [0.1, 0.15) is 10.4 Å². The van der Waals surface area contributed by atoms with Crippen molar-refractivity contribution >= 4 is 21.7 Å². The highest BCUT2D eigenvalue weighted by atomic mass is 32.2. The summed E-state index contributed by atoms with van der Waals surface area (Å²) in [5.74, 6) is -0.911. The van der Waals surface area contributed by atoms with E-state index in [9.17, 15) is 13.2 Å². The predicted octanol–water partition coefficient (Wildman–Crippen LogP) is 1.17. The van der Waals surface area contributed by atoms with Crippen molar-refractivity contribution in [3.05, 3.63) is 54.1 Å². The molecule has 1 amide bonds. The molecule has 0 aliphatic carbocycles. The Kier molecular flexibility index (Phi) is 4.27. The number of amides is 1. The molecule has 2 aromatic carbocycles. The molecule has 2 aromatic rings. The van der Waals surface area contributed by atoms with Gasteiger partial charge in [-0.05, 0) is 23.8 Å². The van der Waals surface area contributed by atoms with Crippen LogP contribution in [0.25, 0.3) is 11.1 Å². The van der Waals surface area contributed by atoms with E-state index in [1.54, 1.807) is 42.5 Å². The Morgan fingerprint density at radius 1 is 1.05 bits per heavy atom. The SMILES string of the molecule is CS(=O)(=O)c1ccccc1-c1cccc(C(=O)N=C(N)N)c1. The third-order valence-corrected chi connectivity index (χ3v) is 4.09. The summed E-state index contributed by atoms with van der Waals surface area (Å²) in [5.41, 5.74) is 11.8. The number of guanidine groups is 1. The minimum Gasteiger partial charge on any atom is -0.370 e. The van der Waals surface area contributed by atoms with Gasteiger partial charge in [-0.2, -0.15) is 4.99 Å². The average molecular weight is 317 g/mol. The topological polar surface area (TPSA) is 116 Å². The quantitative estimate of drug-likeness (QED) is 0.651. The van der Waals surface area contributed by atoms with Crippen molar-refractivity contribution in [2.75, 3.05) is 6.26 Å². The third kappa shape index (κ3) is 3.50. The molecule has 0 spiro atoms. The van der Waals surface area contributed by atoms with Crippen LogP contribution < -0.4 is 11.5 Å². The van der Waals surface area contributed by atoms with Crippen LogP contribution in [0, 0.1) is 0 Å². The number of nitrogens with two attached hydrogens (primary N) is 2. The molecule has 4 N–H and O–H groups in total. The molecule has 0 unspecified atom stereocenters. The molecule has 0 saturated carbocycles. The number of nitrogens with zero attached hydrogens (tertiary/aromatic N) is 1. The molecule has 0 fully saturated rings. The van der Waals surface area contributed by atoms with Crippen molar-refractivity contribution in [2.45, 2.75) is 4.90 Å². The Bertz CT molecular complexity index is 854. The highest BCUT2D eigenvalue weighted by molar-refractivity contribution is 7.90. The van der Waals surface area contributed by atoms with Gasteiger partial charge in [0, 0.05) is 17.4 Å². The minimum absolute atomic E-state index is 0.196. The van der Waals surface area contributed by atoms with Gasteiger partial charge < -0.3 is 11.5 Å². The first-order valence-electron chi connectivity index (χ1n) is 6.32. The van der Waals surface area contributed by atoms with Crippen LogP contribution in [0.4, 0.5) is 0 Å². The maximum Gasteiger partial charge on any atom is 0.280 e. The molecule has 114 valence electrons. The number of rotatable bonds is 3. The summed E-state index contributed by atoms with van der Waals surface area (Å²) in [7, 11) is -3.39. The zero-order valence-corrected chi connectivity index (χ0v) is 12.7. The summed E-state index contributed by atoms with van der Waals surface area (Å²) in [5, 5.41) is 0. The third-order valence-electron chi connectivity index (χ3n) is 2.94. The van der Waals surface area contributed by atoms with E-state index in [-0.39, 0.29) is 16.4 Å². The molecule has 0 aliphatic rings. The van der Waals surface area contributed by atoms with Crippen molar-refractivity contribution in [3.8, 4) is 11.1 Å². The summed E-state index contributed by atoms with van der Waals surface area (Å²) >= 11 is 0. The molecule has 0 radical (unpaired) electrons. The van der Waals surface area contributed by atoms with E-state index in [1.165, 1.54) is 6.07 Å². The molecule has 2 rings (SSSR count). The first-order valence-corrected chi connectivity index (χ1v) is 8.21. The molecule has 0 aliphatic heterocycles. The number of hydrogen-bond donors (Lipinski definition) is 2. The van der Waals surface area contributed by atoms with Crippen LogP contribution in [0.3, 0.4) is 0 Å². The van der Waals surface area contributed by atoms with Crippen LogP contribution in [-0.2, 0) is 9.84 Å².